The van der Waals surface area contributed by atoms with E-state index in [2.05, 4.69) is 6.08 Å². The number of rotatable bonds is 8. The molecule has 0 N–H and O–H groups in total. The van der Waals surface area contributed by atoms with Crippen LogP contribution in [0.3, 0.4) is 0 Å². The molecule has 1 aliphatic carbocycles. The normalized spacial score (nSPS) is 21.4. The molecule has 2 aliphatic heterocycles. The number of benzene rings is 2. The lowest BCUT2D eigenvalue weighted by atomic mass is 9.85. The second-order valence-corrected chi connectivity index (χ2v) is 13.2. The van der Waals surface area contributed by atoms with Gasteiger partial charge in [-0.15, -0.1) is 0 Å². The van der Waals surface area contributed by atoms with E-state index in [4.69, 9.17) is 37.7 Å². The van der Waals surface area contributed by atoms with E-state index < -0.39 is 6.04 Å². The van der Waals surface area contributed by atoms with Crippen molar-refractivity contribution in [1.29, 1.82) is 0 Å². The van der Waals surface area contributed by atoms with Crippen LogP contribution in [0.1, 0.15) is 43.0 Å². The molecule has 0 bridgehead atoms. The molecular weight excluding hydrogens is 625 g/mol. The number of aliphatic imine (C=N–C) groups is 1. The van der Waals surface area contributed by atoms with Crippen molar-refractivity contribution < 1.29 is 19.1 Å². The Morgan fingerprint density at radius 3 is 2.33 bits per heavy atom. The van der Waals surface area contributed by atoms with Gasteiger partial charge in [-0.05, 0) is 74.2 Å². The molecule has 0 radical (unpaired) electrons. The molecule has 2 aromatic rings. The molecule has 46 heavy (non-hydrogen) atoms. The highest BCUT2D eigenvalue weighted by molar-refractivity contribution is 6.31. The number of hydrogen-bond acceptors (Lipinski definition) is 5. The predicted molar refractivity (Wildman–Crippen MR) is 183 cm³/mol. The molecular formula is C35H43Cl2N5O4. The van der Waals surface area contributed by atoms with Crippen molar-refractivity contribution in [1.82, 2.24) is 19.6 Å². The highest BCUT2D eigenvalue weighted by Crippen LogP contribution is 2.42. The van der Waals surface area contributed by atoms with Crippen molar-refractivity contribution in [3.8, 4) is 5.75 Å². The van der Waals surface area contributed by atoms with Gasteiger partial charge < -0.3 is 24.2 Å². The summed E-state index contributed by atoms with van der Waals surface area (Å²) < 4.78 is 11.5. The third-order valence-electron chi connectivity index (χ3n) is 8.62. The largest absolute Gasteiger partial charge is 0.497 e. The maximum atomic E-state index is 14.8. The van der Waals surface area contributed by atoms with E-state index in [0.29, 0.717) is 61.5 Å². The van der Waals surface area contributed by atoms with Crippen molar-refractivity contribution in [2.45, 2.75) is 44.9 Å². The van der Waals surface area contributed by atoms with Gasteiger partial charge in [-0.25, -0.2) is 9.59 Å². The molecule has 0 saturated carbocycles. The summed E-state index contributed by atoms with van der Waals surface area (Å²) in [7, 11) is 5.13. The SMILES string of the molecule is COc1ccc(C2=N[C@H](C3C=CC(Cl)=CC3)[C@H](c3ccc(Cl)cc3)N2C(=O)N2CCN(C(=O)N(C)C)CC2)c(CCOC(C)C)c1. The van der Waals surface area contributed by atoms with Gasteiger partial charge in [-0.3, -0.25) is 9.89 Å². The summed E-state index contributed by atoms with van der Waals surface area (Å²) in [5.41, 5.74) is 2.78. The van der Waals surface area contributed by atoms with Gasteiger partial charge in [0.15, 0.2) is 0 Å². The lowest BCUT2D eigenvalue weighted by molar-refractivity contribution is 0.0813. The van der Waals surface area contributed by atoms with E-state index in [0.717, 1.165) is 22.4 Å². The second-order valence-electron chi connectivity index (χ2n) is 12.3. The number of amides is 4. The summed E-state index contributed by atoms with van der Waals surface area (Å²) in [4.78, 5) is 39.9. The Labute approximate surface area is 282 Å². The van der Waals surface area contributed by atoms with Crippen LogP contribution in [0.25, 0.3) is 0 Å². The first-order valence-corrected chi connectivity index (χ1v) is 16.5. The zero-order valence-electron chi connectivity index (χ0n) is 27.2. The lowest BCUT2D eigenvalue weighted by Gasteiger charge is -2.40. The van der Waals surface area contributed by atoms with Gasteiger partial charge in [-0.1, -0.05) is 47.5 Å². The summed E-state index contributed by atoms with van der Waals surface area (Å²) in [6.45, 7) is 6.28. The van der Waals surface area contributed by atoms with E-state index in [1.165, 1.54) is 0 Å². The van der Waals surface area contributed by atoms with Crippen LogP contribution in [0, 0.1) is 5.92 Å². The highest BCUT2D eigenvalue weighted by Gasteiger charge is 2.46. The van der Waals surface area contributed by atoms with Gasteiger partial charge in [0.25, 0.3) is 0 Å². The molecule has 2 heterocycles. The predicted octanol–water partition coefficient (Wildman–Crippen LogP) is 6.61. The lowest BCUT2D eigenvalue weighted by Crippen LogP contribution is -2.56. The molecule has 11 heteroatoms. The smallest absolute Gasteiger partial charge is 0.326 e. The van der Waals surface area contributed by atoms with Crippen LogP contribution >= 0.6 is 23.2 Å². The van der Waals surface area contributed by atoms with Gasteiger partial charge in [0.2, 0.25) is 0 Å². The summed E-state index contributed by atoms with van der Waals surface area (Å²) in [6, 6.07) is 12.7. The van der Waals surface area contributed by atoms with Crippen molar-refractivity contribution >= 4 is 41.1 Å². The number of nitrogens with zero attached hydrogens (tertiary/aromatic N) is 5. The Balaban J connectivity index is 1.59. The third-order valence-corrected chi connectivity index (χ3v) is 9.16. The number of halogens is 2. The maximum Gasteiger partial charge on any atom is 0.326 e. The molecule has 3 atom stereocenters. The highest BCUT2D eigenvalue weighted by atomic mass is 35.5. The molecule has 1 fully saturated rings. The average Bonchev–Trinajstić information content (AvgIpc) is 3.44. The van der Waals surface area contributed by atoms with Crippen molar-refractivity contribution in [2.75, 3.05) is 54.0 Å². The molecule has 0 spiro atoms. The van der Waals surface area contributed by atoms with Crippen LogP contribution in [0.2, 0.25) is 5.02 Å². The number of allylic oxidation sites excluding steroid dienone is 3. The van der Waals surface area contributed by atoms with Crippen LogP contribution in [-0.4, -0.2) is 104 Å². The molecule has 3 aliphatic rings. The minimum atomic E-state index is -0.400. The first-order valence-electron chi connectivity index (χ1n) is 15.8. The molecule has 9 nitrogen and oxygen atoms in total. The van der Waals surface area contributed by atoms with E-state index in [1.54, 1.807) is 31.0 Å². The monoisotopic (exact) mass is 667 g/mol. The van der Waals surface area contributed by atoms with E-state index >= 15 is 0 Å². The Morgan fingerprint density at radius 1 is 1.02 bits per heavy atom. The van der Waals surface area contributed by atoms with Gasteiger partial charge in [0.05, 0.1) is 31.9 Å². The standard InChI is InChI=1S/C35H43Cl2N5O4/c1-23(2)46-21-16-26-22-29(45-5)14-15-30(26)33-38-31(24-6-10-27(36)11-7-24)32(25-8-12-28(37)13-9-25)42(33)35(44)41-19-17-40(18-20-41)34(43)39(3)4/h6,8-15,22-24,31-32H,7,16-21H2,1-5H3/t24?,31-,32+/m1/s1. The van der Waals surface area contributed by atoms with Gasteiger partial charge in [0.1, 0.15) is 11.6 Å². The first kappa shape index (κ1) is 33.8. The summed E-state index contributed by atoms with van der Waals surface area (Å²) >= 11 is 12.7. The molecule has 4 amide bonds. The number of methoxy groups -OCH3 is 1. The van der Waals surface area contributed by atoms with Crippen LogP contribution in [0.15, 0.2) is 70.7 Å². The number of carbonyl (C=O) groups is 2. The van der Waals surface area contributed by atoms with Crippen LogP contribution < -0.4 is 4.74 Å². The number of urea groups is 2. The Kier molecular flexibility index (Phi) is 11.0. The topological polar surface area (TPSA) is 77.9 Å². The van der Waals surface area contributed by atoms with Crippen molar-refractivity contribution in [2.24, 2.45) is 10.9 Å². The Morgan fingerprint density at radius 2 is 1.72 bits per heavy atom. The van der Waals surface area contributed by atoms with Crippen LogP contribution in [0.5, 0.6) is 5.75 Å². The maximum absolute atomic E-state index is 14.8. The summed E-state index contributed by atoms with van der Waals surface area (Å²) in [6.07, 6.45) is 7.43. The number of ether oxygens (including phenoxy) is 2. The Bertz CT molecular complexity index is 1500. The van der Waals surface area contributed by atoms with Crippen LogP contribution in [-0.2, 0) is 11.2 Å². The first-order chi connectivity index (χ1) is 22.1. The summed E-state index contributed by atoms with van der Waals surface area (Å²) in [5, 5.41) is 1.32. The van der Waals surface area contributed by atoms with Gasteiger partial charge in [0, 0.05) is 61.8 Å². The molecule has 5 rings (SSSR count). The van der Waals surface area contributed by atoms with E-state index in [-0.39, 0.29) is 30.1 Å². The molecule has 0 aromatic heterocycles. The molecule has 2 aromatic carbocycles. The number of amidine groups is 1. The fraction of sp³-hybridized carbons (Fsp3) is 0.457. The third kappa shape index (κ3) is 7.54. The van der Waals surface area contributed by atoms with E-state index in [9.17, 15) is 9.59 Å². The molecule has 246 valence electrons. The van der Waals surface area contributed by atoms with Gasteiger partial charge in [-0.2, -0.15) is 0 Å². The Hall–Kier alpha value is -3.53. The number of piperazine rings is 1. The zero-order chi connectivity index (χ0) is 33.0. The molecule has 1 saturated heterocycles. The fourth-order valence-corrected chi connectivity index (χ4v) is 6.51. The minimum absolute atomic E-state index is 0.0107. The number of carbonyl (C=O) groups excluding carboxylic acids is 2. The molecule has 1 unspecified atom stereocenters. The summed E-state index contributed by atoms with van der Waals surface area (Å²) in [5.74, 6) is 1.34. The van der Waals surface area contributed by atoms with Crippen LogP contribution in [0.4, 0.5) is 9.59 Å². The van der Waals surface area contributed by atoms with E-state index in [1.807, 2.05) is 78.3 Å². The van der Waals surface area contributed by atoms with Crippen molar-refractivity contribution in [3.63, 3.8) is 0 Å². The van der Waals surface area contributed by atoms with Gasteiger partial charge >= 0.3 is 12.1 Å². The second kappa shape index (κ2) is 14.9. The quantitative estimate of drug-likeness (QED) is 0.318. The number of hydrogen-bond donors (Lipinski definition) is 0. The van der Waals surface area contributed by atoms with Crippen molar-refractivity contribution in [3.05, 3.63) is 87.4 Å². The fourth-order valence-electron chi connectivity index (χ4n) is 6.22. The minimum Gasteiger partial charge on any atom is -0.497 e. The average molecular weight is 669 g/mol. The zero-order valence-corrected chi connectivity index (χ0v) is 28.7.